The SMILES string of the molecule is C=C(C)CN1CC(C)C(=O)NC1=O. The Morgan fingerprint density at radius 3 is 2.85 bits per heavy atom. The highest BCUT2D eigenvalue weighted by Gasteiger charge is 2.28. The fourth-order valence-electron chi connectivity index (χ4n) is 1.27. The van der Waals surface area contributed by atoms with Gasteiger partial charge in [0.25, 0.3) is 0 Å². The summed E-state index contributed by atoms with van der Waals surface area (Å²) in [6.45, 7) is 8.38. The van der Waals surface area contributed by atoms with Crippen molar-refractivity contribution in [1.29, 1.82) is 0 Å². The summed E-state index contributed by atoms with van der Waals surface area (Å²) in [7, 11) is 0. The van der Waals surface area contributed by atoms with Crippen LogP contribution < -0.4 is 5.32 Å². The van der Waals surface area contributed by atoms with Gasteiger partial charge in [0.1, 0.15) is 0 Å². The van der Waals surface area contributed by atoms with Gasteiger partial charge in [-0.1, -0.05) is 19.1 Å². The average molecular weight is 182 g/mol. The van der Waals surface area contributed by atoms with Crippen molar-refractivity contribution in [2.45, 2.75) is 13.8 Å². The molecule has 0 aliphatic carbocycles. The van der Waals surface area contributed by atoms with E-state index in [9.17, 15) is 9.59 Å². The molecule has 4 nitrogen and oxygen atoms in total. The molecule has 72 valence electrons. The number of rotatable bonds is 2. The third-order valence-corrected chi connectivity index (χ3v) is 1.92. The van der Waals surface area contributed by atoms with Crippen LogP contribution in [0.15, 0.2) is 12.2 Å². The number of hydrogen-bond donors (Lipinski definition) is 1. The molecular weight excluding hydrogens is 168 g/mol. The number of amides is 3. The largest absolute Gasteiger partial charge is 0.324 e. The molecule has 0 aromatic heterocycles. The predicted molar refractivity (Wildman–Crippen MR) is 49.1 cm³/mol. The van der Waals surface area contributed by atoms with Crippen LogP contribution in [0.3, 0.4) is 0 Å². The molecule has 13 heavy (non-hydrogen) atoms. The van der Waals surface area contributed by atoms with Crippen LogP contribution in [0.2, 0.25) is 0 Å². The Labute approximate surface area is 77.6 Å². The number of carbonyl (C=O) groups is 2. The summed E-state index contributed by atoms with van der Waals surface area (Å²) < 4.78 is 0. The third-order valence-electron chi connectivity index (χ3n) is 1.92. The van der Waals surface area contributed by atoms with Crippen molar-refractivity contribution in [3.8, 4) is 0 Å². The monoisotopic (exact) mass is 182 g/mol. The van der Waals surface area contributed by atoms with E-state index in [-0.39, 0.29) is 17.9 Å². The standard InChI is InChI=1S/C9H14N2O2/c1-6(2)4-11-5-7(3)8(12)10-9(11)13/h7H,1,4-5H2,2-3H3,(H,10,12,13). The third kappa shape index (κ3) is 2.31. The Morgan fingerprint density at radius 2 is 2.31 bits per heavy atom. The van der Waals surface area contributed by atoms with Crippen LogP contribution >= 0.6 is 0 Å². The minimum atomic E-state index is -0.314. The average Bonchev–Trinajstić information content (AvgIpc) is 1.99. The topological polar surface area (TPSA) is 49.4 Å². The summed E-state index contributed by atoms with van der Waals surface area (Å²) in [6, 6.07) is -0.314. The second kappa shape index (κ2) is 3.60. The van der Waals surface area contributed by atoms with Crippen molar-refractivity contribution in [1.82, 2.24) is 10.2 Å². The van der Waals surface area contributed by atoms with E-state index >= 15 is 0 Å². The molecule has 0 bridgehead atoms. The van der Waals surface area contributed by atoms with Crippen LogP contribution in [0, 0.1) is 5.92 Å². The summed E-state index contributed by atoms with van der Waals surface area (Å²) >= 11 is 0. The van der Waals surface area contributed by atoms with Gasteiger partial charge in [-0.15, -0.1) is 0 Å². The van der Waals surface area contributed by atoms with Crippen molar-refractivity contribution < 1.29 is 9.59 Å². The van der Waals surface area contributed by atoms with Crippen molar-refractivity contribution in [2.75, 3.05) is 13.1 Å². The normalized spacial score (nSPS) is 22.9. The maximum atomic E-state index is 11.2. The molecule has 1 aliphatic rings. The summed E-state index contributed by atoms with van der Waals surface area (Å²) in [6.07, 6.45) is 0. The minimum Gasteiger partial charge on any atom is -0.320 e. The number of imide groups is 1. The molecule has 1 aliphatic heterocycles. The van der Waals surface area contributed by atoms with Crippen molar-refractivity contribution in [3.05, 3.63) is 12.2 Å². The molecule has 1 rings (SSSR count). The molecule has 1 unspecified atom stereocenters. The first-order valence-electron chi connectivity index (χ1n) is 4.25. The van der Waals surface area contributed by atoms with E-state index in [1.807, 2.05) is 6.92 Å². The molecule has 0 saturated carbocycles. The Hall–Kier alpha value is -1.32. The molecule has 1 fully saturated rings. The lowest BCUT2D eigenvalue weighted by atomic mass is 10.1. The van der Waals surface area contributed by atoms with Gasteiger partial charge < -0.3 is 4.90 Å². The first-order valence-corrected chi connectivity index (χ1v) is 4.25. The Balaban J connectivity index is 2.61. The second-order valence-electron chi connectivity index (χ2n) is 3.53. The first kappa shape index (κ1) is 9.77. The zero-order chi connectivity index (χ0) is 10.0. The lowest BCUT2D eigenvalue weighted by molar-refractivity contribution is -0.125. The predicted octanol–water partition coefficient (Wildman–Crippen LogP) is 0.750. The van der Waals surface area contributed by atoms with Gasteiger partial charge in [-0.2, -0.15) is 0 Å². The van der Waals surface area contributed by atoms with Crippen LogP contribution in [0.5, 0.6) is 0 Å². The maximum absolute atomic E-state index is 11.2. The van der Waals surface area contributed by atoms with E-state index in [4.69, 9.17) is 0 Å². The van der Waals surface area contributed by atoms with Crippen LogP contribution in [0.25, 0.3) is 0 Å². The van der Waals surface area contributed by atoms with Crippen LogP contribution in [-0.4, -0.2) is 29.9 Å². The van der Waals surface area contributed by atoms with Crippen LogP contribution in [0.4, 0.5) is 4.79 Å². The first-order chi connectivity index (χ1) is 6.00. The number of nitrogens with zero attached hydrogens (tertiary/aromatic N) is 1. The smallest absolute Gasteiger partial charge is 0.320 e. The Kier molecular flexibility index (Phi) is 2.70. The van der Waals surface area contributed by atoms with E-state index < -0.39 is 0 Å². The number of hydrogen-bond acceptors (Lipinski definition) is 2. The summed E-state index contributed by atoms with van der Waals surface area (Å²) in [4.78, 5) is 23.9. The van der Waals surface area contributed by atoms with Gasteiger partial charge in [0.15, 0.2) is 0 Å². The highest BCUT2D eigenvalue weighted by atomic mass is 16.2. The van der Waals surface area contributed by atoms with E-state index in [0.717, 1.165) is 5.57 Å². The molecule has 0 aromatic carbocycles. The molecular formula is C9H14N2O2. The van der Waals surface area contributed by atoms with Gasteiger partial charge in [0.2, 0.25) is 5.91 Å². The Morgan fingerprint density at radius 1 is 1.69 bits per heavy atom. The fourth-order valence-corrected chi connectivity index (χ4v) is 1.27. The quantitative estimate of drug-likeness (QED) is 0.641. The summed E-state index contributed by atoms with van der Waals surface area (Å²) in [5, 5.41) is 2.29. The molecule has 4 heteroatoms. The minimum absolute atomic E-state index is 0.128. The van der Waals surface area contributed by atoms with Crippen molar-refractivity contribution in [3.63, 3.8) is 0 Å². The van der Waals surface area contributed by atoms with E-state index in [2.05, 4.69) is 11.9 Å². The highest BCUT2D eigenvalue weighted by Crippen LogP contribution is 2.08. The zero-order valence-corrected chi connectivity index (χ0v) is 7.96. The summed E-state index contributed by atoms with van der Waals surface area (Å²) in [5.74, 6) is -0.319. The van der Waals surface area contributed by atoms with Gasteiger partial charge in [0.05, 0.1) is 5.92 Å². The maximum Gasteiger partial charge on any atom is 0.324 e. The van der Waals surface area contributed by atoms with Crippen molar-refractivity contribution >= 4 is 11.9 Å². The lowest BCUT2D eigenvalue weighted by Crippen LogP contribution is -2.53. The molecule has 1 atom stereocenters. The molecule has 3 amide bonds. The van der Waals surface area contributed by atoms with E-state index in [1.165, 1.54) is 0 Å². The molecule has 0 aromatic rings. The zero-order valence-electron chi connectivity index (χ0n) is 7.96. The summed E-state index contributed by atoms with van der Waals surface area (Å²) in [5.41, 5.74) is 0.914. The number of nitrogens with one attached hydrogen (secondary N) is 1. The lowest BCUT2D eigenvalue weighted by Gasteiger charge is -2.30. The van der Waals surface area contributed by atoms with Gasteiger partial charge in [0, 0.05) is 13.1 Å². The molecule has 1 N–H and O–H groups in total. The van der Waals surface area contributed by atoms with Gasteiger partial charge >= 0.3 is 6.03 Å². The van der Waals surface area contributed by atoms with E-state index in [1.54, 1.807) is 11.8 Å². The number of urea groups is 1. The van der Waals surface area contributed by atoms with Crippen LogP contribution in [-0.2, 0) is 4.79 Å². The second-order valence-corrected chi connectivity index (χ2v) is 3.53. The van der Waals surface area contributed by atoms with Gasteiger partial charge in [-0.05, 0) is 6.92 Å². The van der Waals surface area contributed by atoms with Crippen molar-refractivity contribution in [2.24, 2.45) is 5.92 Å². The Bertz CT molecular complexity index is 260. The molecule has 0 spiro atoms. The molecule has 0 radical (unpaired) electrons. The highest BCUT2D eigenvalue weighted by molar-refractivity contribution is 5.97. The van der Waals surface area contributed by atoms with Crippen LogP contribution in [0.1, 0.15) is 13.8 Å². The van der Waals surface area contributed by atoms with Gasteiger partial charge in [-0.3, -0.25) is 10.1 Å². The molecule has 1 heterocycles. The van der Waals surface area contributed by atoms with E-state index in [0.29, 0.717) is 13.1 Å². The fraction of sp³-hybridized carbons (Fsp3) is 0.556. The molecule has 1 saturated heterocycles. The van der Waals surface area contributed by atoms with Gasteiger partial charge in [-0.25, -0.2) is 4.79 Å². The number of carbonyl (C=O) groups excluding carboxylic acids is 2.